The number of hydrogen-bond acceptors (Lipinski definition) is 4. The number of benzene rings is 1. The second kappa shape index (κ2) is 5.73. The van der Waals surface area contributed by atoms with Gasteiger partial charge in [0.25, 0.3) is 5.91 Å². The van der Waals surface area contributed by atoms with Crippen LogP contribution in [0.5, 0.6) is 11.5 Å². The Kier molecular flexibility index (Phi) is 4.04. The highest BCUT2D eigenvalue weighted by Crippen LogP contribution is 2.25. The van der Waals surface area contributed by atoms with E-state index in [4.69, 9.17) is 9.47 Å². The van der Waals surface area contributed by atoms with Gasteiger partial charge in [-0.3, -0.25) is 4.79 Å². The van der Waals surface area contributed by atoms with E-state index in [2.05, 4.69) is 5.32 Å². The fourth-order valence-corrected chi connectivity index (χ4v) is 1.57. The summed E-state index contributed by atoms with van der Waals surface area (Å²) < 4.78 is 10.5. The van der Waals surface area contributed by atoms with E-state index in [1.54, 1.807) is 25.3 Å². The Morgan fingerprint density at radius 2 is 2.28 bits per heavy atom. The van der Waals surface area contributed by atoms with Crippen LogP contribution in [0.4, 0.5) is 0 Å². The third-order valence-electron chi connectivity index (χ3n) is 2.75. The lowest BCUT2D eigenvalue weighted by molar-refractivity contribution is -0.123. The second-order valence-electron chi connectivity index (χ2n) is 4.26. The predicted octanol–water partition coefficient (Wildman–Crippen LogP) is 0.845. The van der Waals surface area contributed by atoms with Gasteiger partial charge in [-0.15, -0.1) is 0 Å². The van der Waals surface area contributed by atoms with E-state index in [-0.39, 0.29) is 19.1 Å². The largest absolute Gasteiger partial charge is 0.497 e. The second-order valence-corrected chi connectivity index (χ2v) is 4.26. The molecule has 0 aromatic heterocycles. The zero-order valence-corrected chi connectivity index (χ0v) is 10.3. The SMILES string of the molecule is COc1ccc(CO)c(OCC(=O)NC2CC2)c1. The summed E-state index contributed by atoms with van der Waals surface area (Å²) in [6.07, 6.45) is 2.10. The molecule has 0 radical (unpaired) electrons. The summed E-state index contributed by atoms with van der Waals surface area (Å²) in [6.45, 7) is -0.180. The number of amides is 1. The predicted molar refractivity (Wildman–Crippen MR) is 65.6 cm³/mol. The molecule has 1 amide bonds. The Morgan fingerprint density at radius 1 is 1.50 bits per heavy atom. The summed E-state index contributed by atoms with van der Waals surface area (Å²) >= 11 is 0. The van der Waals surface area contributed by atoms with Gasteiger partial charge in [0.05, 0.1) is 13.7 Å². The molecule has 0 spiro atoms. The molecule has 2 rings (SSSR count). The molecular weight excluding hydrogens is 234 g/mol. The van der Waals surface area contributed by atoms with Crippen molar-refractivity contribution in [2.24, 2.45) is 0 Å². The Bertz CT molecular complexity index is 429. The van der Waals surface area contributed by atoms with Crippen LogP contribution in [0.2, 0.25) is 0 Å². The quantitative estimate of drug-likeness (QED) is 0.786. The molecule has 1 aliphatic carbocycles. The van der Waals surface area contributed by atoms with Crippen molar-refractivity contribution in [2.45, 2.75) is 25.5 Å². The summed E-state index contributed by atoms with van der Waals surface area (Å²) in [5.41, 5.74) is 0.634. The average Bonchev–Trinajstić information content (AvgIpc) is 3.19. The molecule has 2 N–H and O–H groups in total. The third kappa shape index (κ3) is 3.37. The number of methoxy groups -OCH3 is 1. The summed E-state index contributed by atoms with van der Waals surface area (Å²) in [6, 6.07) is 5.44. The van der Waals surface area contributed by atoms with Crippen molar-refractivity contribution in [3.63, 3.8) is 0 Å². The van der Waals surface area contributed by atoms with Crippen LogP contribution in [0.3, 0.4) is 0 Å². The first-order valence-electron chi connectivity index (χ1n) is 5.93. The molecule has 5 heteroatoms. The fourth-order valence-electron chi connectivity index (χ4n) is 1.57. The number of ether oxygens (including phenoxy) is 2. The molecule has 98 valence electrons. The first-order valence-corrected chi connectivity index (χ1v) is 5.93. The van der Waals surface area contributed by atoms with E-state index in [9.17, 15) is 9.90 Å². The standard InChI is InChI=1S/C13H17NO4/c1-17-11-5-2-9(7-15)12(6-11)18-8-13(16)14-10-3-4-10/h2,5-6,10,15H,3-4,7-8H2,1H3,(H,14,16). The zero-order chi connectivity index (χ0) is 13.0. The molecule has 5 nitrogen and oxygen atoms in total. The van der Waals surface area contributed by atoms with Crippen LogP contribution in [-0.4, -0.2) is 30.8 Å². The molecule has 1 fully saturated rings. The fraction of sp³-hybridized carbons (Fsp3) is 0.462. The lowest BCUT2D eigenvalue weighted by Crippen LogP contribution is -2.30. The van der Waals surface area contributed by atoms with Gasteiger partial charge in [0, 0.05) is 17.7 Å². The van der Waals surface area contributed by atoms with E-state index in [1.165, 1.54) is 0 Å². The molecule has 0 heterocycles. The van der Waals surface area contributed by atoms with Crippen molar-refractivity contribution in [3.05, 3.63) is 23.8 Å². The highest BCUT2D eigenvalue weighted by molar-refractivity contribution is 5.78. The van der Waals surface area contributed by atoms with Crippen LogP contribution in [-0.2, 0) is 11.4 Å². The average molecular weight is 251 g/mol. The number of rotatable bonds is 6. The number of carbonyl (C=O) groups is 1. The molecule has 0 saturated heterocycles. The molecule has 18 heavy (non-hydrogen) atoms. The minimum atomic E-state index is -0.135. The Hall–Kier alpha value is -1.75. The van der Waals surface area contributed by atoms with Gasteiger partial charge >= 0.3 is 0 Å². The highest BCUT2D eigenvalue weighted by Gasteiger charge is 2.23. The first kappa shape index (κ1) is 12.7. The molecule has 0 bridgehead atoms. The van der Waals surface area contributed by atoms with Gasteiger partial charge in [-0.2, -0.15) is 0 Å². The van der Waals surface area contributed by atoms with Crippen LogP contribution in [0.15, 0.2) is 18.2 Å². The van der Waals surface area contributed by atoms with Crippen molar-refractivity contribution in [1.29, 1.82) is 0 Å². The van der Waals surface area contributed by atoms with Crippen molar-refractivity contribution in [1.82, 2.24) is 5.32 Å². The van der Waals surface area contributed by atoms with E-state index >= 15 is 0 Å². The van der Waals surface area contributed by atoms with E-state index in [0.29, 0.717) is 23.1 Å². The molecular formula is C13H17NO4. The van der Waals surface area contributed by atoms with Gasteiger partial charge in [0.15, 0.2) is 6.61 Å². The van der Waals surface area contributed by atoms with Crippen molar-refractivity contribution in [2.75, 3.05) is 13.7 Å². The van der Waals surface area contributed by atoms with Crippen LogP contribution >= 0.6 is 0 Å². The van der Waals surface area contributed by atoms with Crippen LogP contribution in [0.25, 0.3) is 0 Å². The minimum absolute atomic E-state index is 0.0450. The van der Waals surface area contributed by atoms with Crippen molar-refractivity contribution in [3.8, 4) is 11.5 Å². The van der Waals surface area contributed by atoms with Crippen LogP contribution < -0.4 is 14.8 Å². The van der Waals surface area contributed by atoms with Crippen molar-refractivity contribution < 1.29 is 19.4 Å². The van der Waals surface area contributed by atoms with Gasteiger partial charge in [0.2, 0.25) is 0 Å². The number of hydrogen-bond donors (Lipinski definition) is 2. The third-order valence-corrected chi connectivity index (χ3v) is 2.75. The van der Waals surface area contributed by atoms with Gasteiger partial charge in [0.1, 0.15) is 11.5 Å². The summed E-state index contributed by atoms with van der Waals surface area (Å²) in [5, 5.41) is 12.0. The molecule has 0 aliphatic heterocycles. The number of nitrogens with one attached hydrogen (secondary N) is 1. The number of carbonyl (C=O) groups excluding carboxylic acids is 1. The number of aliphatic hydroxyl groups excluding tert-OH is 1. The maximum Gasteiger partial charge on any atom is 0.258 e. The number of aliphatic hydroxyl groups is 1. The summed E-state index contributed by atoms with van der Waals surface area (Å²) in [7, 11) is 1.55. The normalized spacial score (nSPS) is 14.1. The molecule has 1 aliphatic rings. The minimum Gasteiger partial charge on any atom is -0.497 e. The summed E-state index contributed by atoms with van der Waals surface area (Å²) in [5.74, 6) is 0.969. The zero-order valence-electron chi connectivity index (χ0n) is 10.3. The molecule has 0 atom stereocenters. The van der Waals surface area contributed by atoms with Crippen molar-refractivity contribution >= 4 is 5.91 Å². The van der Waals surface area contributed by atoms with Gasteiger partial charge < -0.3 is 19.9 Å². The van der Waals surface area contributed by atoms with E-state index < -0.39 is 0 Å². The highest BCUT2D eigenvalue weighted by atomic mass is 16.5. The maximum absolute atomic E-state index is 11.5. The van der Waals surface area contributed by atoms with Gasteiger partial charge in [-0.1, -0.05) is 0 Å². The Balaban J connectivity index is 1.95. The Morgan fingerprint density at radius 3 is 2.89 bits per heavy atom. The van der Waals surface area contributed by atoms with Gasteiger partial charge in [-0.25, -0.2) is 0 Å². The van der Waals surface area contributed by atoms with Crippen LogP contribution in [0, 0.1) is 0 Å². The molecule has 1 aromatic rings. The topological polar surface area (TPSA) is 67.8 Å². The smallest absolute Gasteiger partial charge is 0.258 e. The first-order chi connectivity index (χ1) is 8.72. The molecule has 0 unspecified atom stereocenters. The van der Waals surface area contributed by atoms with E-state index in [1.807, 2.05) is 0 Å². The lowest BCUT2D eigenvalue weighted by atomic mass is 10.2. The van der Waals surface area contributed by atoms with Crippen LogP contribution in [0.1, 0.15) is 18.4 Å². The molecule has 1 saturated carbocycles. The summed E-state index contributed by atoms with van der Waals surface area (Å²) in [4.78, 5) is 11.5. The Labute approximate surface area is 106 Å². The monoisotopic (exact) mass is 251 g/mol. The molecule has 1 aromatic carbocycles. The lowest BCUT2D eigenvalue weighted by Gasteiger charge is -2.11. The maximum atomic E-state index is 11.5. The van der Waals surface area contributed by atoms with Gasteiger partial charge in [-0.05, 0) is 25.0 Å². The van der Waals surface area contributed by atoms with E-state index in [0.717, 1.165) is 12.8 Å².